The van der Waals surface area contributed by atoms with Gasteiger partial charge in [-0.3, -0.25) is 9.79 Å². The molecule has 1 amide bonds. The van der Waals surface area contributed by atoms with Gasteiger partial charge in [0.25, 0.3) is 5.91 Å². The summed E-state index contributed by atoms with van der Waals surface area (Å²) in [5.41, 5.74) is 1.09. The zero-order valence-electron chi connectivity index (χ0n) is 11.5. The van der Waals surface area contributed by atoms with Crippen molar-refractivity contribution < 1.29 is 4.79 Å². The third-order valence-corrected chi connectivity index (χ3v) is 5.32. The molecule has 19 heavy (non-hydrogen) atoms. The quantitative estimate of drug-likeness (QED) is 0.746. The highest BCUT2D eigenvalue weighted by molar-refractivity contribution is 8.18. The molecule has 3 aliphatic heterocycles. The molecule has 106 valence electrons. The number of rotatable bonds is 1. The van der Waals surface area contributed by atoms with Crippen LogP contribution in [0.25, 0.3) is 0 Å². The maximum atomic E-state index is 12.7. The lowest BCUT2D eigenvalue weighted by atomic mass is 10.2. The molecule has 0 spiro atoms. The predicted molar refractivity (Wildman–Crippen MR) is 81.6 cm³/mol. The van der Waals surface area contributed by atoms with Gasteiger partial charge in [0.1, 0.15) is 0 Å². The van der Waals surface area contributed by atoms with Gasteiger partial charge in [-0.1, -0.05) is 0 Å². The zero-order chi connectivity index (χ0) is 12.9. The lowest BCUT2D eigenvalue weighted by molar-refractivity contribution is -0.128. The molecule has 0 aromatic heterocycles. The van der Waals surface area contributed by atoms with E-state index in [9.17, 15) is 4.79 Å². The SMILES string of the molecule is CC1=C(C(=O)N2C(C)CCC2C)SC2=NCCN21.Cl. The zero-order valence-corrected chi connectivity index (χ0v) is 13.2. The summed E-state index contributed by atoms with van der Waals surface area (Å²) in [5, 5.41) is 1.01. The molecular weight excluding hydrogens is 282 g/mol. The molecule has 2 unspecified atom stereocenters. The lowest BCUT2D eigenvalue weighted by Gasteiger charge is -2.26. The third kappa shape index (κ3) is 2.27. The number of halogens is 1. The first-order valence-electron chi connectivity index (χ1n) is 6.63. The van der Waals surface area contributed by atoms with Crippen LogP contribution >= 0.6 is 24.2 Å². The highest BCUT2D eigenvalue weighted by Gasteiger charge is 2.39. The summed E-state index contributed by atoms with van der Waals surface area (Å²) in [5.74, 6) is 0.201. The summed E-state index contributed by atoms with van der Waals surface area (Å²) in [7, 11) is 0. The average molecular weight is 302 g/mol. The first-order chi connectivity index (χ1) is 8.59. The minimum Gasteiger partial charge on any atom is -0.333 e. The maximum absolute atomic E-state index is 12.7. The van der Waals surface area contributed by atoms with Crippen LogP contribution in [0.4, 0.5) is 0 Å². The first-order valence-corrected chi connectivity index (χ1v) is 7.44. The molecule has 3 rings (SSSR count). The molecule has 1 fully saturated rings. The second-order valence-corrected chi connectivity index (χ2v) is 6.30. The number of likely N-dealkylation sites (tertiary alicyclic amines) is 1. The van der Waals surface area contributed by atoms with E-state index in [0.717, 1.165) is 41.7 Å². The van der Waals surface area contributed by atoms with Gasteiger partial charge in [0.2, 0.25) is 0 Å². The minimum absolute atomic E-state index is 0. The molecule has 0 radical (unpaired) electrons. The number of thioether (sulfide) groups is 1. The van der Waals surface area contributed by atoms with Gasteiger partial charge >= 0.3 is 0 Å². The van der Waals surface area contributed by atoms with E-state index in [4.69, 9.17) is 0 Å². The molecule has 0 N–H and O–H groups in total. The number of aliphatic imine (C=N–C) groups is 1. The number of carbonyl (C=O) groups is 1. The molecule has 0 saturated carbocycles. The fourth-order valence-corrected chi connectivity index (χ4v) is 4.15. The molecule has 0 aromatic carbocycles. The van der Waals surface area contributed by atoms with Crippen LogP contribution in [0, 0.1) is 0 Å². The number of allylic oxidation sites excluding steroid dienone is 1. The summed E-state index contributed by atoms with van der Waals surface area (Å²) >= 11 is 1.55. The van der Waals surface area contributed by atoms with Crippen LogP contribution in [0.2, 0.25) is 0 Å². The fourth-order valence-electron chi connectivity index (χ4n) is 3.02. The topological polar surface area (TPSA) is 35.9 Å². The van der Waals surface area contributed by atoms with Gasteiger partial charge in [0.05, 0.1) is 11.4 Å². The Bertz CT molecular complexity index is 453. The summed E-state index contributed by atoms with van der Waals surface area (Å²) < 4.78 is 0. The van der Waals surface area contributed by atoms with Crippen LogP contribution in [0.1, 0.15) is 33.6 Å². The van der Waals surface area contributed by atoms with Gasteiger partial charge < -0.3 is 9.80 Å². The minimum atomic E-state index is 0. The van der Waals surface area contributed by atoms with Crippen molar-refractivity contribution in [3.8, 4) is 0 Å². The Kier molecular flexibility index (Phi) is 4.16. The van der Waals surface area contributed by atoms with E-state index in [1.165, 1.54) is 0 Å². The Morgan fingerprint density at radius 1 is 1.32 bits per heavy atom. The van der Waals surface area contributed by atoms with Gasteiger partial charge in [-0.2, -0.15) is 0 Å². The Morgan fingerprint density at radius 2 is 1.95 bits per heavy atom. The standard InChI is InChI=1S/C13H19N3OS.ClH/c1-8-4-5-9(2)16(8)12(17)11-10(3)15-7-6-14-13(15)18-11;/h8-9H,4-7H2,1-3H3;1H. The van der Waals surface area contributed by atoms with E-state index in [2.05, 4.69) is 28.6 Å². The predicted octanol–water partition coefficient (Wildman–Crippen LogP) is 2.46. The third-order valence-electron chi connectivity index (χ3n) is 4.11. The molecule has 0 aliphatic carbocycles. The molecule has 1 saturated heterocycles. The second-order valence-electron chi connectivity index (χ2n) is 5.32. The first kappa shape index (κ1) is 14.7. The van der Waals surface area contributed by atoms with E-state index >= 15 is 0 Å². The molecule has 4 nitrogen and oxygen atoms in total. The van der Waals surface area contributed by atoms with Crippen molar-refractivity contribution in [2.75, 3.05) is 13.1 Å². The largest absolute Gasteiger partial charge is 0.333 e. The van der Waals surface area contributed by atoms with Gasteiger partial charge in [-0.15, -0.1) is 12.4 Å². The Morgan fingerprint density at radius 3 is 2.53 bits per heavy atom. The number of amides is 1. The summed E-state index contributed by atoms with van der Waals surface area (Å²) in [6.07, 6.45) is 2.24. The van der Waals surface area contributed by atoms with Crippen LogP contribution in [-0.2, 0) is 4.79 Å². The smallest absolute Gasteiger partial charge is 0.262 e. The molecule has 2 atom stereocenters. The van der Waals surface area contributed by atoms with E-state index in [1.54, 1.807) is 11.8 Å². The summed E-state index contributed by atoms with van der Waals surface area (Å²) in [4.78, 5) is 22.2. The van der Waals surface area contributed by atoms with Crippen LogP contribution < -0.4 is 0 Å². The number of amidine groups is 1. The number of carbonyl (C=O) groups excluding carboxylic acids is 1. The monoisotopic (exact) mass is 301 g/mol. The van der Waals surface area contributed by atoms with Crippen LogP contribution in [0.5, 0.6) is 0 Å². The van der Waals surface area contributed by atoms with Gasteiger partial charge in [-0.25, -0.2) is 0 Å². The molecular formula is C13H20ClN3OS. The Hall–Kier alpha value is -0.680. The van der Waals surface area contributed by atoms with Crippen molar-refractivity contribution in [1.82, 2.24) is 9.80 Å². The average Bonchev–Trinajstić information content (AvgIpc) is 2.97. The lowest BCUT2D eigenvalue weighted by Crippen LogP contribution is -2.39. The van der Waals surface area contributed by atoms with E-state index < -0.39 is 0 Å². The number of hydrogen-bond donors (Lipinski definition) is 0. The van der Waals surface area contributed by atoms with E-state index in [1.807, 2.05) is 6.92 Å². The highest BCUT2D eigenvalue weighted by atomic mass is 35.5. The number of nitrogens with zero attached hydrogens (tertiary/aromatic N) is 3. The van der Waals surface area contributed by atoms with Crippen molar-refractivity contribution >= 4 is 35.2 Å². The molecule has 0 aromatic rings. The van der Waals surface area contributed by atoms with Crippen molar-refractivity contribution in [1.29, 1.82) is 0 Å². The maximum Gasteiger partial charge on any atom is 0.262 e. The van der Waals surface area contributed by atoms with Crippen LogP contribution in [0.3, 0.4) is 0 Å². The number of hydrogen-bond acceptors (Lipinski definition) is 4. The van der Waals surface area contributed by atoms with Crippen molar-refractivity contribution in [2.24, 2.45) is 4.99 Å². The van der Waals surface area contributed by atoms with E-state index in [-0.39, 0.29) is 18.3 Å². The summed E-state index contributed by atoms with van der Waals surface area (Å²) in [6, 6.07) is 0.733. The van der Waals surface area contributed by atoms with E-state index in [0.29, 0.717) is 12.1 Å². The summed E-state index contributed by atoms with van der Waals surface area (Å²) in [6.45, 7) is 8.12. The van der Waals surface area contributed by atoms with Gasteiger partial charge in [-0.05, 0) is 45.4 Å². The van der Waals surface area contributed by atoms with Crippen LogP contribution in [0.15, 0.2) is 15.6 Å². The van der Waals surface area contributed by atoms with Crippen LogP contribution in [-0.4, -0.2) is 46.0 Å². The Labute approximate surface area is 124 Å². The highest BCUT2D eigenvalue weighted by Crippen LogP contribution is 2.39. The second kappa shape index (κ2) is 5.37. The van der Waals surface area contributed by atoms with Gasteiger partial charge in [0, 0.05) is 24.3 Å². The molecule has 0 bridgehead atoms. The molecule has 6 heteroatoms. The Balaban J connectivity index is 0.00000133. The number of fused-ring (bicyclic) bond motifs is 1. The molecule has 3 aliphatic rings. The normalized spacial score (nSPS) is 29.5. The molecule has 3 heterocycles. The fraction of sp³-hybridized carbons (Fsp3) is 0.692. The van der Waals surface area contributed by atoms with Crippen molar-refractivity contribution in [3.05, 3.63) is 10.6 Å². The van der Waals surface area contributed by atoms with Crippen molar-refractivity contribution in [2.45, 2.75) is 45.7 Å². The van der Waals surface area contributed by atoms with Crippen molar-refractivity contribution in [3.63, 3.8) is 0 Å². The van der Waals surface area contributed by atoms with Gasteiger partial charge in [0.15, 0.2) is 5.17 Å².